The molecule has 5 aromatic rings. The minimum Gasteiger partial charge on any atom is -0.497 e. The number of benzene rings is 4. The number of hydrogen-bond acceptors (Lipinski definition) is 7. The molecule has 0 aliphatic rings. The summed E-state index contributed by atoms with van der Waals surface area (Å²) >= 11 is 1.38. The molecule has 0 spiro atoms. The average molecular weight is 584 g/mol. The highest BCUT2D eigenvalue weighted by atomic mass is 32.2. The van der Waals surface area contributed by atoms with Crippen molar-refractivity contribution in [2.45, 2.75) is 23.4 Å². The molecule has 0 aliphatic heterocycles. The number of nitrogens with one attached hydrogen (secondary N) is 1. The van der Waals surface area contributed by atoms with Crippen LogP contribution in [0.1, 0.15) is 33.4 Å². The first-order chi connectivity index (χ1) is 20.4. The van der Waals surface area contributed by atoms with E-state index in [0.29, 0.717) is 40.2 Å². The number of carbonyl (C=O) groups excluding carboxylic acids is 1. The van der Waals surface area contributed by atoms with Gasteiger partial charge >= 0.3 is 0 Å². The van der Waals surface area contributed by atoms with Crippen molar-refractivity contribution in [2.75, 3.05) is 7.11 Å². The maximum Gasteiger partial charge on any atom is 0.269 e. The molecule has 0 fully saturated rings. The second-order valence-corrected chi connectivity index (χ2v) is 10.3. The fourth-order valence-electron chi connectivity index (χ4n) is 4.36. The highest BCUT2D eigenvalue weighted by Crippen LogP contribution is 2.30. The highest BCUT2D eigenvalue weighted by Gasteiger charge is 2.26. The number of halogens is 1. The van der Waals surface area contributed by atoms with Gasteiger partial charge in [0.1, 0.15) is 11.6 Å². The molecule has 1 aromatic heterocycles. The molecule has 212 valence electrons. The first kappa shape index (κ1) is 28.5. The zero-order chi connectivity index (χ0) is 29.5. The van der Waals surface area contributed by atoms with E-state index in [9.17, 15) is 19.3 Å². The van der Waals surface area contributed by atoms with Crippen LogP contribution < -0.4 is 10.1 Å². The number of amides is 1. The van der Waals surface area contributed by atoms with E-state index in [0.717, 1.165) is 11.1 Å². The molecule has 5 rings (SSSR count). The second kappa shape index (κ2) is 13.1. The molecule has 0 saturated carbocycles. The minimum atomic E-state index is -0.617. The summed E-state index contributed by atoms with van der Waals surface area (Å²) in [7, 11) is 1.53. The van der Waals surface area contributed by atoms with E-state index < -0.39 is 11.0 Å². The Balaban J connectivity index is 1.55. The second-order valence-electron chi connectivity index (χ2n) is 9.31. The Labute approximate surface area is 245 Å². The zero-order valence-electron chi connectivity index (χ0n) is 22.5. The van der Waals surface area contributed by atoms with Gasteiger partial charge in [0.25, 0.3) is 11.6 Å². The SMILES string of the molecule is COc1cccc(C(=O)NC(Cc2ccccc2)c2nnc(SCc3ccc(F)cc3)n2-c2ccc([N+](=O)[O-])cc2)c1. The smallest absolute Gasteiger partial charge is 0.269 e. The van der Waals surface area contributed by atoms with Crippen molar-refractivity contribution < 1.29 is 18.8 Å². The van der Waals surface area contributed by atoms with Crippen LogP contribution in [0.4, 0.5) is 10.1 Å². The molecule has 1 amide bonds. The maximum atomic E-state index is 13.5. The van der Waals surface area contributed by atoms with Gasteiger partial charge in [0.05, 0.1) is 18.1 Å². The van der Waals surface area contributed by atoms with Gasteiger partial charge in [-0.05, 0) is 60.0 Å². The molecular formula is C31H26FN5O4S. The fraction of sp³-hybridized carbons (Fsp3) is 0.129. The van der Waals surface area contributed by atoms with Crippen molar-refractivity contribution in [3.8, 4) is 11.4 Å². The third kappa shape index (κ3) is 6.81. The van der Waals surface area contributed by atoms with Crippen molar-refractivity contribution in [1.29, 1.82) is 0 Å². The van der Waals surface area contributed by atoms with Crippen LogP contribution in [0.2, 0.25) is 0 Å². The van der Waals surface area contributed by atoms with Gasteiger partial charge in [0, 0.05) is 29.1 Å². The lowest BCUT2D eigenvalue weighted by molar-refractivity contribution is -0.384. The molecule has 0 saturated heterocycles. The largest absolute Gasteiger partial charge is 0.497 e. The van der Waals surface area contributed by atoms with Crippen molar-refractivity contribution in [1.82, 2.24) is 20.1 Å². The first-order valence-electron chi connectivity index (χ1n) is 13.0. The van der Waals surface area contributed by atoms with E-state index >= 15 is 0 Å². The molecule has 0 bridgehead atoms. The number of aromatic nitrogens is 3. The molecule has 0 aliphatic carbocycles. The Morgan fingerprint density at radius 3 is 2.40 bits per heavy atom. The number of thioether (sulfide) groups is 1. The molecule has 11 heteroatoms. The fourth-order valence-corrected chi connectivity index (χ4v) is 5.27. The molecule has 1 unspecified atom stereocenters. The molecule has 1 heterocycles. The molecule has 1 atom stereocenters. The van der Waals surface area contributed by atoms with Gasteiger partial charge in [0.2, 0.25) is 0 Å². The summed E-state index contributed by atoms with van der Waals surface area (Å²) in [5.74, 6) is 0.829. The number of ether oxygens (including phenoxy) is 1. The number of nitro groups is 1. The van der Waals surface area contributed by atoms with Crippen LogP contribution in [0.3, 0.4) is 0 Å². The Bertz CT molecular complexity index is 1680. The topological polar surface area (TPSA) is 112 Å². The Hall–Kier alpha value is -5.03. The number of non-ortho nitro benzene ring substituents is 1. The van der Waals surface area contributed by atoms with Crippen LogP contribution in [0.15, 0.2) is 108 Å². The molecule has 9 nitrogen and oxygen atoms in total. The summed E-state index contributed by atoms with van der Waals surface area (Å²) in [6, 6.07) is 28.1. The number of nitrogens with zero attached hydrogens (tertiary/aromatic N) is 4. The van der Waals surface area contributed by atoms with Crippen LogP contribution in [-0.4, -0.2) is 32.7 Å². The number of rotatable bonds is 11. The third-order valence-corrected chi connectivity index (χ3v) is 7.49. The van der Waals surface area contributed by atoms with E-state index in [1.807, 2.05) is 30.3 Å². The summed E-state index contributed by atoms with van der Waals surface area (Å²) in [5.41, 5.74) is 2.80. The van der Waals surface area contributed by atoms with Crippen molar-refractivity contribution in [2.24, 2.45) is 0 Å². The van der Waals surface area contributed by atoms with Crippen molar-refractivity contribution in [3.05, 3.63) is 142 Å². The van der Waals surface area contributed by atoms with Gasteiger partial charge in [-0.15, -0.1) is 10.2 Å². The number of nitro benzene ring substituents is 1. The lowest BCUT2D eigenvalue weighted by atomic mass is 10.0. The Kier molecular flexibility index (Phi) is 8.88. The highest BCUT2D eigenvalue weighted by molar-refractivity contribution is 7.98. The molecule has 42 heavy (non-hydrogen) atoms. The van der Waals surface area contributed by atoms with Gasteiger partial charge in [0.15, 0.2) is 11.0 Å². The van der Waals surface area contributed by atoms with Gasteiger partial charge in [-0.25, -0.2) is 4.39 Å². The maximum absolute atomic E-state index is 13.5. The predicted octanol–water partition coefficient (Wildman–Crippen LogP) is 6.33. The molecule has 4 aromatic carbocycles. The molecule has 0 radical (unpaired) electrons. The Morgan fingerprint density at radius 2 is 1.71 bits per heavy atom. The van der Waals surface area contributed by atoms with Gasteiger partial charge in [-0.3, -0.25) is 19.5 Å². The van der Waals surface area contributed by atoms with E-state index in [4.69, 9.17) is 4.74 Å². The van der Waals surface area contributed by atoms with Crippen LogP contribution in [0, 0.1) is 15.9 Å². The van der Waals surface area contributed by atoms with Crippen LogP contribution in [0.5, 0.6) is 5.75 Å². The van der Waals surface area contributed by atoms with E-state index in [1.165, 1.54) is 43.1 Å². The number of hydrogen-bond donors (Lipinski definition) is 1. The number of carbonyl (C=O) groups is 1. The van der Waals surface area contributed by atoms with E-state index in [1.54, 1.807) is 53.1 Å². The Morgan fingerprint density at radius 1 is 0.976 bits per heavy atom. The van der Waals surface area contributed by atoms with E-state index in [2.05, 4.69) is 15.5 Å². The third-order valence-electron chi connectivity index (χ3n) is 6.49. The normalized spacial score (nSPS) is 11.6. The summed E-state index contributed by atoms with van der Waals surface area (Å²) < 4.78 is 20.5. The summed E-state index contributed by atoms with van der Waals surface area (Å²) in [6.45, 7) is 0. The number of methoxy groups -OCH3 is 1. The molecule has 1 N–H and O–H groups in total. The first-order valence-corrected chi connectivity index (χ1v) is 14.0. The minimum absolute atomic E-state index is 0.0546. The van der Waals surface area contributed by atoms with Crippen molar-refractivity contribution in [3.63, 3.8) is 0 Å². The summed E-state index contributed by atoms with van der Waals surface area (Å²) in [5, 5.41) is 23.9. The average Bonchev–Trinajstić information content (AvgIpc) is 3.45. The van der Waals surface area contributed by atoms with E-state index in [-0.39, 0.29) is 17.4 Å². The van der Waals surface area contributed by atoms with Crippen LogP contribution >= 0.6 is 11.8 Å². The lowest BCUT2D eigenvalue weighted by Crippen LogP contribution is -2.32. The zero-order valence-corrected chi connectivity index (χ0v) is 23.3. The molecular weight excluding hydrogens is 557 g/mol. The summed E-state index contributed by atoms with van der Waals surface area (Å²) in [4.78, 5) is 24.3. The standard InChI is InChI=1S/C31H26FN5O4S/c1-41-27-9-5-8-23(19-27)30(38)33-28(18-21-6-3-2-4-7-21)29-34-35-31(42-20-22-10-12-24(32)13-11-22)36(29)25-14-16-26(17-15-25)37(39)40/h2-17,19,28H,18,20H2,1H3,(H,33,38). The summed E-state index contributed by atoms with van der Waals surface area (Å²) in [6.07, 6.45) is 0.407. The van der Waals surface area contributed by atoms with Crippen molar-refractivity contribution >= 4 is 23.4 Å². The van der Waals surface area contributed by atoms with Gasteiger partial charge in [-0.2, -0.15) is 0 Å². The van der Waals surface area contributed by atoms with Crippen LogP contribution in [0.25, 0.3) is 5.69 Å². The van der Waals surface area contributed by atoms with Gasteiger partial charge in [-0.1, -0.05) is 60.3 Å². The lowest BCUT2D eigenvalue weighted by Gasteiger charge is -2.20. The monoisotopic (exact) mass is 583 g/mol. The van der Waals surface area contributed by atoms with Gasteiger partial charge < -0.3 is 10.1 Å². The van der Waals surface area contributed by atoms with Crippen LogP contribution in [-0.2, 0) is 12.2 Å². The predicted molar refractivity (Wildman–Crippen MR) is 157 cm³/mol. The quantitative estimate of drug-likeness (QED) is 0.110.